The van der Waals surface area contributed by atoms with E-state index in [0.29, 0.717) is 17.3 Å². The van der Waals surface area contributed by atoms with Crippen molar-refractivity contribution in [2.24, 2.45) is 0 Å². The van der Waals surface area contributed by atoms with E-state index in [0.717, 1.165) is 28.4 Å². The SMILES string of the molecule is CCCCNC(=O)[C@@H](C)N(Cc1ccccc1Cl)C(=O)COc1ccc(Br)c(C)c1. The summed E-state index contributed by atoms with van der Waals surface area (Å²) >= 11 is 9.74. The topological polar surface area (TPSA) is 58.6 Å². The van der Waals surface area contributed by atoms with Crippen LogP contribution in [0.15, 0.2) is 46.9 Å². The van der Waals surface area contributed by atoms with E-state index in [9.17, 15) is 9.59 Å². The van der Waals surface area contributed by atoms with Crippen LogP contribution in [0.3, 0.4) is 0 Å². The summed E-state index contributed by atoms with van der Waals surface area (Å²) in [4.78, 5) is 27.1. The average Bonchev–Trinajstić information content (AvgIpc) is 2.73. The number of hydrogen-bond acceptors (Lipinski definition) is 3. The van der Waals surface area contributed by atoms with Crippen LogP contribution in [-0.4, -0.2) is 35.9 Å². The molecule has 0 aliphatic rings. The van der Waals surface area contributed by atoms with Crippen LogP contribution in [0.25, 0.3) is 0 Å². The maximum absolute atomic E-state index is 13.0. The molecule has 0 aliphatic heterocycles. The van der Waals surface area contributed by atoms with Crippen molar-refractivity contribution in [1.29, 1.82) is 0 Å². The highest BCUT2D eigenvalue weighted by molar-refractivity contribution is 9.10. The Kier molecular flexibility index (Phi) is 9.66. The van der Waals surface area contributed by atoms with Crippen LogP contribution in [0.2, 0.25) is 5.02 Å². The number of amides is 2. The predicted octanol–water partition coefficient (Wildman–Crippen LogP) is 5.12. The molecule has 0 fully saturated rings. The van der Waals surface area contributed by atoms with E-state index in [-0.39, 0.29) is 25.0 Å². The maximum Gasteiger partial charge on any atom is 0.261 e. The number of carbonyl (C=O) groups is 2. The third-order valence-corrected chi connectivity index (χ3v) is 6.05. The Bertz CT molecular complexity index is 875. The van der Waals surface area contributed by atoms with Crippen LogP contribution in [0, 0.1) is 6.92 Å². The number of rotatable bonds is 10. The van der Waals surface area contributed by atoms with Gasteiger partial charge in [0.1, 0.15) is 11.8 Å². The molecule has 5 nitrogen and oxygen atoms in total. The third-order valence-electron chi connectivity index (χ3n) is 4.79. The summed E-state index contributed by atoms with van der Waals surface area (Å²) in [5.41, 5.74) is 1.79. The lowest BCUT2D eigenvalue weighted by Crippen LogP contribution is -2.49. The molecule has 2 aromatic carbocycles. The zero-order valence-electron chi connectivity index (χ0n) is 17.6. The molecular weight excluding hydrogens is 468 g/mol. The summed E-state index contributed by atoms with van der Waals surface area (Å²) in [5.74, 6) is 0.124. The molecule has 7 heteroatoms. The van der Waals surface area contributed by atoms with E-state index < -0.39 is 6.04 Å². The maximum atomic E-state index is 13.0. The number of aryl methyl sites for hydroxylation is 1. The molecular formula is C23H28BrClN2O3. The number of nitrogens with zero attached hydrogens (tertiary/aromatic N) is 1. The summed E-state index contributed by atoms with van der Waals surface area (Å²) in [7, 11) is 0. The number of ether oxygens (including phenoxy) is 1. The van der Waals surface area contributed by atoms with Crippen molar-refractivity contribution in [2.75, 3.05) is 13.2 Å². The summed E-state index contributed by atoms with van der Waals surface area (Å²) in [6, 6.07) is 12.2. The van der Waals surface area contributed by atoms with E-state index in [1.165, 1.54) is 4.90 Å². The van der Waals surface area contributed by atoms with Gasteiger partial charge in [0.05, 0.1) is 0 Å². The Morgan fingerprint density at radius 1 is 1.23 bits per heavy atom. The summed E-state index contributed by atoms with van der Waals surface area (Å²) in [6.07, 6.45) is 1.88. The van der Waals surface area contributed by atoms with Crippen LogP contribution >= 0.6 is 27.5 Å². The smallest absolute Gasteiger partial charge is 0.261 e. The number of carbonyl (C=O) groups excluding carboxylic acids is 2. The highest BCUT2D eigenvalue weighted by Gasteiger charge is 2.27. The van der Waals surface area contributed by atoms with E-state index in [2.05, 4.69) is 28.2 Å². The Morgan fingerprint density at radius 3 is 2.63 bits per heavy atom. The molecule has 0 spiro atoms. The van der Waals surface area contributed by atoms with Gasteiger partial charge in [-0.25, -0.2) is 0 Å². The summed E-state index contributed by atoms with van der Waals surface area (Å²) in [6.45, 7) is 6.37. The molecule has 30 heavy (non-hydrogen) atoms. The molecule has 0 bridgehead atoms. The molecule has 2 rings (SSSR count). The molecule has 0 saturated carbocycles. The second-order valence-electron chi connectivity index (χ2n) is 7.13. The Balaban J connectivity index is 2.14. The summed E-state index contributed by atoms with van der Waals surface area (Å²) in [5, 5.41) is 3.45. The number of nitrogens with one attached hydrogen (secondary N) is 1. The Morgan fingerprint density at radius 2 is 1.97 bits per heavy atom. The van der Waals surface area contributed by atoms with Crippen molar-refractivity contribution in [3.05, 3.63) is 63.1 Å². The standard InChI is InChI=1S/C23H28BrClN2O3/c1-4-5-12-26-23(29)17(3)27(14-18-8-6-7-9-21(18)25)22(28)15-30-19-10-11-20(24)16(2)13-19/h6-11,13,17H,4-5,12,14-15H2,1-3H3,(H,26,29)/t17-/m1/s1. The Hall–Kier alpha value is -2.05. The Labute approximate surface area is 191 Å². The lowest BCUT2D eigenvalue weighted by atomic mass is 10.1. The minimum Gasteiger partial charge on any atom is -0.484 e. The van der Waals surface area contributed by atoms with Gasteiger partial charge in [-0.15, -0.1) is 0 Å². The molecule has 2 aromatic rings. The van der Waals surface area contributed by atoms with Crippen molar-refractivity contribution < 1.29 is 14.3 Å². The molecule has 0 saturated heterocycles. The van der Waals surface area contributed by atoms with Crippen LogP contribution in [0.4, 0.5) is 0 Å². The van der Waals surface area contributed by atoms with E-state index in [1.54, 1.807) is 19.1 Å². The second kappa shape index (κ2) is 12.0. The summed E-state index contributed by atoms with van der Waals surface area (Å²) < 4.78 is 6.68. The fraction of sp³-hybridized carbons (Fsp3) is 0.391. The van der Waals surface area contributed by atoms with Gasteiger partial charge in [-0.05, 0) is 55.7 Å². The van der Waals surface area contributed by atoms with Gasteiger partial charge in [0.15, 0.2) is 6.61 Å². The van der Waals surface area contributed by atoms with Crippen LogP contribution in [-0.2, 0) is 16.1 Å². The molecule has 0 unspecified atom stereocenters. The molecule has 1 N–H and O–H groups in total. The minimum atomic E-state index is -0.652. The zero-order chi connectivity index (χ0) is 22.1. The van der Waals surface area contributed by atoms with Gasteiger partial charge in [0.25, 0.3) is 5.91 Å². The van der Waals surface area contributed by atoms with Crippen molar-refractivity contribution in [1.82, 2.24) is 10.2 Å². The monoisotopic (exact) mass is 494 g/mol. The number of hydrogen-bond donors (Lipinski definition) is 1. The van der Waals surface area contributed by atoms with Gasteiger partial charge in [-0.1, -0.05) is 59.1 Å². The second-order valence-corrected chi connectivity index (χ2v) is 8.39. The van der Waals surface area contributed by atoms with E-state index in [1.807, 2.05) is 37.3 Å². The lowest BCUT2D eigenvalue weighted by Gasteiger charge is -2.29. The first-order valence-corrected chi connectivity index (χ1v) is 11.2. The van der Waals surface area contributed by atoms with Crippen molar-refractivity contribution in [2.45, 2.75) is 46.2 Å². The van der Waals surface area contributed by atoms with Crippen LogP contribution < -0.4 is 10.1 Å². The number of benzene rings is 2. The van der Waals surface area contributed by atoms with Gasteiger partial charge < -0.3 is 15.0 Å². The van der Waals surface area contributed by atoms with E-state index in [4.69, 9.17) is 16.3 Å². The highest BCUT2D eigenvalue weighted by Crippen LogP contribution is 2.22. The largest absolute Gasteiger partial charge is 0.484 e. The van der Waals surface area contributed by atoms with Gasteiger partial charge >= 0.3 is 0 Å². The van der Waals surface area contributed by atoms with Crippen LogP contribution in [0.5, 0.6) is 5.75 Å². The third kappa shape index (κ3) is 7.03. The van der Waals surface area contributed by atoms with E-state index >= 15 is 0 Å². The molecule has 0 aromatic heterocycles. The first-order chi connectivity index (χ1) is 14.3. The fourth-order valence-corrected chi connectivity index (χ4v) is 3.31. The quantitative estimate of drug-likeness (QED) is 0.465. The van der Waals surface area contributed by atoms with Gasteiger partial charge in [-0.2, -0.15) is 0 Å². The molecule has 2 amide bonds. The first-order valence-electron chi connectivity index (χ1n) is 10.0. The van der Waals surface area contributed by atoms with Crippen LogP contribution in [0.1, 0.15) is 37.8 Å². The van der Waals surface area contributed by atoms with Gasteiger partial charge in [0, 0.05) is 22.6 Å². The lowest BCUT2D eigenvalue weighted by molar-refractivity contribution is -0.142. The minimum absolute atomic E-state index is 0.169. The van der Waals surface area contributed by atoms with Crippen molar-refractivity contribution in [3.8, 4) is 5.75 Å². The van der Waals surface area contributed by atoms with Crippen molar-refractivity contribution in [3.63, 3.8) is 0 Å². The predicted molar refractivity (Wildman–Crippen MR) is 124 cm³/mol. The normalized spacial score (nSPS) is 11.6. The molecule has 0 aliphatic carbocycles. The van der Waals surface area contributed by atoms with Gasteiger partial charge in [-0.3, -0.25) is 9.59 Å². The molecule has 162 valence electrons. The number of unbranched alkanes of at least 4 members (excludes halogenated alkanes) is 1. The molecule has 0 heterocycles. The highest BCUT2D eigenvalue weighted by atomic mass is 79.9. The zero-order valence-corrected chi connectivity index (χ0v) is 19.9. The average molecular weight is 496 g/mol. The first kappa shape index (κ1) is 24.2. The van der Waals surface area contributed by atoms with Crippen molar-refractivity contribution >= 4 is 39.3 Å². The molecule has 1 atom stereocenters. The fourth-order valence-electron chi connectivity index (χ4n) is 2.86. The number of halogens is 2. The van der Waals surface area contributed by atoms with Gasteiger partial charge in [0.2, 0.25) is 5.91 Å². The molecule has 0 radical (unpaired) electrons.